The molecule has 7 rings (SSSR count). The number of carbonyl (C=O) groups is 1. The maximum absolute atomic E-state index is 14.2. The average Bonchev–Trinajstić information content (AvgIpc) is 3.17. The molecule has 48 heavy (non-hydrogen) atoms. The number of allylic oxidation sites excluding steroid dienone is 1. The first kappa shape index (κ1) is 32.0. The molecule has 0 saturated carbocycles. The molecule has 0 saturated heterocycles. The zero-order valence-corrected chi connectivity index (χ0v) is 27.5. The molecular weight excluding hydrogens is 616 g/mol. The molecule has 2 atom stereocenters. The van der Waals surface area contributed by atoms with E-state index in [9.17, 15) is 34.8 Å². The maximum atomic E-state index is 14.2. The number of benzene rings is 5. The van der Waals surface area contributed by atoms with E-state index in [1.165, 1.54) is 26.2 Å². The topological polar surface area (TPSA) is 175 Å². The summed E-state index contributed by atoms with van der Waals surface area (Å²) in [4.78, 5) is 41.6. The number of aliphatic hydroxyl groups excluding tert-OH is 3. The largest absolute Gasteiger partial charge is 0.504 e. The number of ether oxygens (including phenoxy) is 2. The number of rotatable bonds is 9. The summed E-state index contributed by atoms with van der Waals surface area (Å²) < 4.78 is 11.4. The van der Waals surface area contributed by atoms with Crippen molar-refractivity contribution in [2.75, 3.05) is 37.6 Å². The molecule has 0 amide bonds. The highest BCUT2D eigenvalue weighted by molar-refractivity contribution is 6.40. The van der Waals surface area contributed by atoms with Gasteiger partial charge < -0.3 is 40.5 Å². The fraction of sp³-hybridized carbons (Fsp3) is 0.378. The van der Waals surface area contributed by atoms with Crippen molar-refractivity contribution < 1.29 is 34.7 Å². The number of hydrogen-bond acceptors (Lipinski definition) is 11. The number of methoxy groups -OCH3 is 1. The lowest BCUT2D eigenvalue weighted by molar-refractivity contribution is -0.117. The Morgan fingerprint density at radius 3 is 2.08 bits per heavy atom. The standard InChI is InChI=1S/C37H38N2O9/c1-15-10-19-26-29-24(17(13-41)11-20(44)27(29)34-33(19)38-22(37(3,4)39-34)6-8-48-9-7-40)25-18(14-42)12-21(45)28-30(25)31(26)32(23(15)16(2)43)36(47-5)35(28)46/h10-12,22-23,38-42,46H,6-9,13-14H2,1-5H3. The molecule has 5 aromatic rings. The Morgan fingerprint density at radius 2 is 1.50 bits per heavy atom. The van der Waals surface area contributed by atoms with Crippen molar-refractivity contribution in [2.45, 2.75) is 64.8 Å². The number of hydrogen-bond donors (Lipinski definition) is 6. The van der Waals surface area contributed by atoms with Crippen molar-refractivity contribution >= 4 is 66.3 Å². The predicted octanol–water partition coefficient (Wildman–Crippen LogP) is 4.07. The van der Waals surface area contributed by atoms with Crippen molar-refractivity contribution in [1.82, 2.24) is 0 Å². The summed E-state index contributed by atoms with van der Waals surface area (Å²) in [5.41, 5.74) is 1.98. The summed E-state index contributed by atoms with van der Waals surface area (Å²) in [6.45, 7) is 6.79. The third-order valence-corrected chi connectivity index (χ3v) is 10.2. The highest BCUT2D eigenvalue weighted by Crippen LogP contribution is 2.57. The molecule has 5 aromatic carbocycles. The van der Waals surface area contributed by atoms with Crippen LogP contribution in [0.1, 0.15) is 62.3 Å². The molecule has 2 unspecified atom stereocenters. The number of fused-ring (bicyclic) bond motifs is 4. The fourth-order valence-corrected chi connectivity index (χ4v) is 8.28. The van der Waals surface area contributed by atoms with Crippen LogP contribution in [0.15, 0.2) is 27.3 Å². The van der Waals surface area contributed by atoms with E-state index >= 15 is 0 Å². The summed E-state index contributed by atoms with van der Waals surface area (Å²) in [5, 5.41) is 52.7. The molecule has 11 heteroatoms. The van der Waals surface area contributed by atoms with E-state index in [2.05, 4.69) is 10.6 Å². The fourth-order valence-electron chi connectivity index (χ4n) is 8.28. The van der Waals surface area contributed by atoms with E-state index in [1.807, 2.05) is 26.8 Å². The van der Waals surface area contributed by atoms with Gasteiger partial charge >= 0.3 is 0 Å². The number of Topliss-reactive ketones (excluding diaryl/α,β-unsaturated/α-hetero) is 1. The minimum absolute atomic E-state index is 0.0146. The van der Waals surface area contributed by atoms with Gasteiger partial charge in [-0.3, -0.25) is 14.4 Å². The van der Waals surface area contributed by atoms with Gasteiger partial charge in [-0.05, 0) is 73.5 Å². The number of phenolic OH excluding ortho intramolecular Hbond substituents is 1. The third-order valence-electron chi connectivity index (χ3n) is 10.2. The van der Waals surface area contributed by atoms with Crippen molar-refractivity contribution in [3.05, 3.63) is 60.4 Å². The van der Waals surface area contributed by atoms with Crippen LogP contribution < -0.4 is 26.2 Å². The van der Waals surface area contributed by atoms with Gasteiger partial charge in [0.05, 0.1) is 73.2 Å². The summed E-state index contributed by atoms with van der Waals surface area (Å²) in [7, 11) is 1.37. The number of carbonyl (C=O) groups excluding carboxylic acids is 1. The van der Waals surface area contributed by atoms with Crippen LogP contribution in [-0.2, 0) is 22.7 Å². The lowest BCUT2D eigenvalue weighted by Crippen LogP contribution is -2.52. The SMILES string of the molecule is COc1c(O)c2c(=O)cc(CO)c3c4c(CO)cc(=O)c5c6c(c7c(c(c1C(C(C)=O)C(C)=C7)c23)c54)NC(CCOCCO)C(C)(C)N6. The molecule has 1 aliphatic heterocycles. The zero-order chi connectivity index (χ0) is 34.4. The monoisotopic (exact) mass is 654 g/mol. The van der Waals surface area contributed by atoms with Gasteiger partial charge in [0.1, 0.15) is 5.78 Å². The molecule has 2 aliphatic rings. The van der Waals surface area contributed by atoms with Gasteiger partial charge in [-0.2, -0.15) is 0 Å². The van der Waals surface area contributed by atoms with Crippen molar-refractivity contribution in [1.29, 1.82) is 0 Å². The van der Waals surface area contributed by atoms with Crippen LogP contribution in [0.2, 0.25) is 0 Å². The Bertz CT molecular complexity index is 2330. The van der Waals surface area contributed by atoms with E-state index in [4.69, 9.17) is 9.47 Å². The summed E-state index contributed by atoms with van der Waals surface area (Å²) >= 11 is 0. The smallest absolute Gasteiger partial charge is 0.190 e. The Balaban J connectivity index is 1.80. The number of anilines is 2. The van der Waals surface area contributed by atoms with Gasteiger partial charge in [-0.25, -0.2) is 0 Å². The molecule has 0 radical (unpaired) electrons. The lowest BCUT2D eigenvalue weighted by Gasteiger charge is -2.44. The predicted molar refractivity (Wildman–Crippen MR) is 186 cm³/mol. The van der Waals surface area contributed by atoms with Crippen molar-refractivity contribution in [3.63, 3.8) is 0 Å². The van der Waals surface area contributed by atoms with Gasteiger partial charge in [0.15, 0.2) is 22.4 Å². The van der Waals surface area contributed by atoms with Crippen LogP contribution >= 0.6 is 0 Å². The molecular formula is C37H38N2O9. The Hall–Kier alpha value is -4.55. The quantitative estimate of drug-likeness (QED) is 0.0768. The molecule has 0 fully saturated rings. The maximum Gasteiger partial charge on any atom is 0.190 e. The highest BCUT2D eigenvalue weighted by atomic mass is 16.5. The van der Waals surface area contributed by atoms with Gasteiger partial charge in [0, 0.05) is 33.9 Å². The first-order chi connectivity index (χ1) is 22.9. The van der Waals surface area contributed by atoms with Crippen LogP contribution in [-0.4, -0.2) is 64.7 Å². The van der Waals surface area contributed by atoms with Crippen LogP contribution in [0, 0.1) is 0 Å². The first-order valence-corrected chi connectivity index (χ1v) is 16.0. The molecule has 0 aromatic heterocycles. The minimum Gasteiger partial charge on any atom is -0.504 e. The zero-order valence-electron chi connectivity index (χ0n) is 27.5. The van der Waals surface area contributed by atoms with Crippen LogP contribution in [0.25, 0.3) is 49.2 Å². The van der Waals surface area contributed by atoms with E-state index in [0.29, 0.717) is 84.4 Å². The first-order valence-electron chi connectivity index (χ1n) is 16.0. The average molecular weight is 655 g/mol. The second kappa shape index (κ2) is 11.3. The Labute approximate surface area is 275 Å². The number of phenols is 1. The molecule has 1 heterocycles. The number of aliphatic hydroxyl groups is 3. The van der Waals surface area contributed by atoms with E-state index < -0.39 is 35.8 Å². The molecule has 0 bridgehead atoms. The lowest BCUT2D eigenvalue weighted by atomic mass is 9.78. The van der Waals surface area contributed by atoms with Gasteiger partial charge in [0.25, 0.3) is 0 Å². The van der Waals surface area contributed by atoms with Gasteiger partial charge in [0.2, 0.25) is 0 Å². The Morgan fingerprint density at radius 1 is 0.875 bits per heavy atom. The number of aromatic hydroxyl groups is 1. The van der Waals surface area contributed by atoms with E-state index in [-0.39, 0.29) is 47.2 Å². The summed E-state index contributed by atoms with van der Waals surface area (Å²) in [6, 6.07) is 2.45. The van der Waals surface area contributed by atoms with Crippen molar-refractivity contribution in [2.24, 2.45) is 0 Å². The number of nitrogens with one attached hydrogen (secondary N) is 2. The summed E-state index contributed by atoms with van der Waals surface area (Å²) in [5.74, 6) is -1.53. The number of ketones is 1. The molecule has 0 spiro atoms. The minimum atomic E-state index is -0.881. The van der Waals surface area contributed by atoms with Gasteiger partial charge in [-0.1, -0.05) is 11.6 Å². The highest BCUT2D eigenvalue weighted by Gasteiger charge is 2.41. The second-order valence-electron chi connectivity index (χ2n) is 13.4. The molecule has 1 aliphatic carbocycles. The summed E-state index contributed by atoms with van der Waals surface area (Å²) in [6.07, 6.45) is 2.47. The normalized spacial score (nSPS) is 18.3. The van der Waals surface area contributed by atoms with E-state index in [1.54, 1.807) is 0 Å². The van der Waals surface area contributed by atoms with Gasteiger partial charge in [-0.15, -0.1) is 0 Å². The molecule has 250 valence electrons. The molecule has 6 N–H and O–H groups in total. The van der Waals surface area contributed by atoms with E-state index in [0.717, 1.165) is 0 Å². The van der Waals surface area contributed by atoms with Crippen LogP contribution in [0.5, 0.6) is 11.5 Å². The van der Waals surface area contributed by atoms with Crippen molar-refractivity contribution in [3.8, 4) is 11.5 Å². The van der Waals surface area contributed by atoms with Crippen LogP contribution in [0.4, 0.5) is 11.4 Å². The third kappa shape index (κ3) is 4.24. The molecule has 11 nitrogen and oxygen atoms in total. The Kier molecular flexibility index (Phi) is 7.52. The van der Waals surface area contributed by atoms with Crippen LogP contribution in [0.3, 0.4) is 0 Å². The second-order valence-corrected chi connectivity index (χ2v) is 13.4.